The van der Waals surface area contributed by atoms with Gasteiger partial charge in [-0.1, -0.05) is 28.1 Å². The number of hydrogen-bond donors (Lipinski definition) is 1. The molecule has 0 fully saturated rings. The molecule has 33 heavy (non-hydrogen) atoms. The third-order valence-corrected chi connectivity index (χ3v) is 5.17. The highest BCUT2D eigenvalue weighted by Gasteiger charge is 2.29. The molecule has 0 spiro atoms. The molecule has 1 unspecified atom stereocenters. The maximum atomic E-state index is 13.1. The first-order valence-corrected chi connectivity index (χ1v) is 11.0. The maximum Gasteiger partial charge on any atom is 0.311 e. The molecule has 2 aromatic rings. The molecule has 0 aliphatic rings. The number of rotatable bonds is 9. The molecule has 10 heteroatoms. The number of nitrogens with zero attached hydrogens (tertiary/aromatic N) is 2. The van der Waals surface area contributed by atoms with Crippen molar-refractivity contribution in [3.05, 3.63) is 62.6 Å². The van der Waals surface area contributed by atoms with Crippen LogP contribution in [-0.2, 0) is 16.1 Å². The molecule has 1 atom stereocenters. The Morgan fingerprint density at radius 1 is 1.18 bits per heavy atom. The van der Waals surface area contributed by atoms with E-state index in [9.17, 15) is 19.7 Å². The average molecular weight is 522 g/mol. The second-order valence-corrected chi connectivity index (χ2v) is 9.36. The van der Waals surface area contributed by atoms with Gasteiger partial charge in [-0.3, -0.25) is 19.7 Å². The first kappa shape index (κ1) is 26.1. The van der Waals surface area contributed by atoms with Crippen molar-refractivity contribution in [3.8, 4) is 11.5 Å². The molecule has 178 valence electrons. The van der Waals surface area contributed by atoms with Crippen LogP contribution in [-0.4, -0.2) is 46.9 Å². The van der Waals surface area contributed by atoms with Crippen molar-refractivity contribution < 1.29 is 24.0 Å². The Morgan fingerprint density at radius 3 is 2.36 bits per heavy atom. The number of ether oxygens (including phenoxy) is 2. The van der Waals surface area contributed by atoms with Gasteiger partial charge >= 0.3 is 5.69 Å². The Hall–Kier alpha value is -3.14. The van der Waals surface area contributed by atoms with Crippen LogP contribution in [0.1, 0.15) is 33.3 Å². The molecule has 1 N–H and O–H groups in total. The van der Waals surface area contributed by atoms with Gasteiger partial charge in [0.1, 0.15) is 11.8 Å². The monoisotopic (exact) mass is 521 g/mol. The summed E-state index contributed by atoms with van der Waals surface area (Å²) in [5.41, 5.74) is 0.184. The van der Waals surface area contributed by atoms with Crippen molar-refractivity contribution >= 4 is 33.4 Å². The van der Waals surface area contributed by atoms with Crippen LogP contribution >= 0.6 is 15.9 Å². The van der Waals surface area contributed by atoms with E-state index in [1.54, 1.807) is 6.92 Å². The second-order valence-electron chi connectivity index (χ2n) is 8.44. The first-order chi connectivity index (χ1) is 15.4. The third-order valence-electron chi connectivity index (χ3n) is 4.64. The Balaban J connectivity index is 2.21. The molecule has 2 amide bonds. The number of nitro benzene ring substituents is 1. The molecule has 0 aromatic heterocycles. The fourth-order valence-electron chi connectivity index (χ4n) is 2.97. The van der Waals surface area contributed by atoms with E-state index in [0.29, 0.717) is 0 Å². The van der Waals surface area contributed by atoms with Gasteiger partial charge in [0.2, 0.25) is 11.7 Å². The molecule has 0 bridgehead atoms. The van der Waals surface area contributed by atoms with E-state index in [4.69, 9.17) is 9.47 Å². The van der Waals surface area contributed by atoms with Gasteiger partial charge in [-0.15, -0.1) is 0 Å². The van der Waals surface area contributed by atoms with Gasteiger partial charge in [0.25, 0.3) is 5.91 Å². The standard InChI is InChI=1S/C23H28BrN3O6/c1-15(22(29)25-23(2,3)4)26(13-16-6-8-17(24)9-7-16)21(28)14-33-18-10-11-19(27(30)31)20(12-18)32-5/h6-12,15H,13-14H2,1-5H3,(H,25,29). The molecule has 2 aromatic carbocycles. The lowest BCUT2D eigenvalue weighted by atomic mass is 10.1. The van der Waals surface area contributed by atoms with Crippen LogP contribution in [0.15, 0.2) is 46.9 Å². The summed E-state index contributed by atoms with van der Waals surface area (Å²) < 4.78 is 11.5. The van der Waals surface area contributed by atoms with E-state index < -0.39 is 22.4 Å². The fraction of sp³-hybridized carbons (Fsp3) is 0.391. The number of halogens is 1. The molecular weight excluding hydrogens is 494 g/mol. The summed E-state index contributed by atoms with van der Waals surface area (Å²) >= 11 is 3.39. The van der Waals surface area contributed by atoms with Gasteiger partial charge in [-0.05, 0) is 51.5 Å². The lowest BCUT2D eigenvalue weighted by Gasteiger charge is -2.31. The van der Waals surface area contributed by atoms with E-state index >= 15 is 0 Å². The molecule has 0 heterocycles. The average Bonchev–Trinajstić information content (AvgIpc) is 2.75. The van der Waals surface area contributed by atoms with Gasteiger partial charge in [0.15, 0.2) is 6.61 Å². The minimum atomic E-state index is -0.754. The normalized spacial score (nSPS) is 11.9. The second kappa shape index (κ2) is 11.1. The lowest BCUT2D eigenvalue weighted by Crippen LogP contribution is -2.53. The van der Waals surface area contributed by atoms with Crippen LogP contribution in [0.5, 0.6) is 11.5 Å². The molecular formula is C23H28BrN3O6. The minimum absolute atomic E-state index is 0.0228. The summed E-state index contributed by atoms with van der Waals surface area (Å²) in [4.78, 5) is 37.8. The topological polar surface area (TPSA) is 111 Å². The van der Waals surface area contributed by atoms with Crippen LogP contribution in [0.4, 0.5) is 5.69 Å². The molecule has 0 saturated carbocycles. The zero-order valence-electron chi connectivity index (χ0n) is 19.3. The van der Waals surface area contributed by atoms with Crippen molar-refractivity contribution in [2.75, 3.05) is 13.7 Å². The maximum absolute atomic E-state index is 13.1. The van der Waals surface area contributed by atoms with Gasteiger partial charge in [0.05, 0.1) is 12.0 Å². The van der Waals surface area contributed by atoms with Gasteiger partial charge in [-0.2, -0.15) is 0 Å². The smallest absolute Gasteiger partial charge is 0.311 e. The highest BCUT2D eigenvalue weighted by Crippen LogP contribution is 2.30. The Labute approximate surface area is 201 Å². The van der Waals surface area contributed by atoms with Gasteiger partial charge < -0.3 is 19.7 Å². The SMILES string of the molecule is COc1cc(OCC(=O)N(Cc2ccc(Br)cc2)C(C)C(=O)NC(C)(C)C)ccc1[N+](=O)[O-]. The lowest BCUT2D eigenvalue weighted by molar-refractivity contribution is -0.385. The van der Waals surface area contributed by atoms with E-state index in [-0.39, 0.29) is 36.2 Å². The van der Waals surface area contributed by atoms with E-state index in [0.717, 1.165) is 10.0 Å². The molecule has 2 rings (SSSR count). The predicted octanol–water partition coefficient (Wildman–Crippen LogP) is 4.08. The number of nitrogens with one attached hydrogen (secondary N) is 1. The number of methoxy groups -OCH3 is 1. The molecule has 0 aliphatic carbocycles. The summed E-state index contributed by atoms with van der Waals surface area (Å²) in [7, 11) is 1.31. The van der Waals surface area contributed by atoms with Gasteiger partial charge in [0, 0.05) is 28.7 Å². The number of carbonyl (C=O) groups is 2. The van der Waals surface area contributed by atoms with Crippen molar-refractivity contribution in [2.24, 2.45) is 0 Å². The van der Waals surface area contributed by atoms with Crippen molar-refractivity contribution in [3.63, 3.8) is 0 Å². The van der Waals surface area contributed by atoms with E-state index in [2.05, 4.69) is 21.2 Å². The molecule has 0 saturated heterocycles. The predicted molar refractivity (Wildman–Crippen MR) is 127 cm³/mol. The number of benzene rings is 2. The Morgan fingerprint density at radius 2 is 1.82 bits per heavy atom. The van der Waals surface area contributed by atoms with Crippen molar-refractivity contribution in [1.29, 1.82) is 0 Å². The van der Waals surface area contributed by atoms with Crippen molar-refractivity contribution in [2.45, 2.75) is 45.8 Å². The van der Waals surface area contributed by atoms with Crippen LogP contribution in [0.2, 0.25) is 0 Å². The first-order valence-electron chi connectivity index (χ1n) is 10.2. The Kier molecular flexibility index (Phi) is 8.81. The van der Waals surface area contributed by atoms with Crippen LogP contribution < -0.4 is 14.8 Å². The summed E-state index contributed by atoms with van der Waals surface area (Å²) in [6, 6.07) is 10.7. The summed E-state index contributed by atoms with van der Waals surface area (Å²) in [6.45, 7) is 7.10. The van der Waals surface area contributed by atoms with Crippen LogP contribution in [0.25, 0.3) is 0 Å². The van der Waals surface area contributed by atoms with Crippen LogP contribution in [0, 0.1) is 10.1 Å². The summed E-state index contributed by atoms with van der Waals surface area (Å²) in [5.74, 6) is -0.437. The largest absolute Gasteiger partial charge is 0.490 e. The number of nitro groups is 1. The highest BCUT2D eigenvalue weighted by molar-refractivity contribution is 9.10. The summed E-state index contributed by atoms with van der Waals surface area (Å²) in [5, 5.41) is 14.0. The third kappa shape index (κ3) is 7.74. The number of hydrogen-bond acceptors (Lipinski definition) is 6. The quantitative estimate of drug-likeness (QED) is 0.393. The van der Waals surface area contributed by atoms with Crippen molar-refractivity contribution in [1.82, 2.24) is 10.2 Å². The van der Waals surface area contributed by atoms with Gasteiger partial charge in [-0.25, -0.2) is 0 Å². The van der Waals surface area contributed by atoms with E-state index in [1.165, 1.54) is 30.2 Å². The summed E-state index contributed by atoms with van der Waals surface area (Å²) in [6.07, 6.45) is 0. The highest BCUT2D eigenvalue weighted by atomic mass is 79.9. The zero-order chi connectivity index (χ0) is 24.8. The van der Waals surface area contributed by atoms with Crippen LogP contribution in [0.3, 0.4) is 0 Å². The zero-order valence-corrected chi connectivity index (χ0v) is 20.8. The Bertz CT molecular complexity index is 1000. The number of carbonyl (C=O) groups excluding carboxylic acids is 2. The molecule has 0 radical (unpaired) electrons. The van der Waals surface area contributed by atoms with E-state index in [1.807, 2.05) is 45.0 Å². The molecule has 9 nitrogen and oxygen atoms in total. The molecule has 0 aliphatic heterocycles. The fourth-order valence-corrected chi connectivity index (χ4v) is 3.23. The minimum Gasteiger partial charge on any atom is -0.490 e. The number of amides is 2.